The Labute approximate surface area is 186 Å². The van der Waals surface area contributed by atoms with Crippen LogP contribution >= 0.6 is 0 Å². The highest BCUT2D eigenvalue weighted by Crippen LogP contribution is 2.40. The maximum Gasteiger partial charge on any atom is 0.211 e. The van der Waals surface area contributed by atoms with Crippen LogP contribution in [0.4, 0.5) is 5.69 Å². The van der Waals surface area contributed by atoms with Crippen LogP contribution in [0.1, 0.15) is 42.4 Å². The predicted molar refractivity (Wildman–Crippen MR) is 126 cm³/mol. The Bertz CT molecular complexity index is 1010. The second-order valence-corrected chi connectivity index (χ2v) is 11.3. The Morgan fingerprint density at radius 2 is 1.84 bits per heavy atom. The van der Waals surface area contributed by atoms with Crippen LogP contribution in [0.25, 0.3) is 0 Å². The van der Waals surface area contributed by atoms with Crippen molar-refractivity contribution in [1.82, 2.24) is 9.62 Å². The maximum atomic E-state index is 11.9. The quantitative estimate of drug-likeness (QED) is 0.720. The third-order valence-corrected chi connectivity index (χ3v) is 8.79. The van der Waals surface area contributed by atoms with E-state index in [0.717, 1.165) is 25.9 Å². The summed E-state index contributed by atoms with van der Waals surface area (Å²) in [5.41, 5.74) is 5.63. The molecule has 5 nitrogen and oxygen atoms in total. The van der Waals surface area contributed by atoms with Gasteiger partial charge in [0.25, 0.3) is 0 Å². The fourth-order valence-electron chi connectivity index (χ4n) is 5.39. The van der Waals surface area contributed by atoms with Gasteiger partial charge >= 0.3 is 0 Å². The summed E-state index contributed by atoms with van der Waals surface area (Å²) in [5, 5.41) is 0. The molecule has 5 rings (SSSR count). The van der Waals surface area contributed by atoms with Crippen molar-refractivity contribution in [1.29, 1.82) is 0 Å². The molecule has 166 valence electrons. The predicted octanol–water partition coefficient (Wildman–Crippen LogP) is 3.16. The highest BCUT2D eigenvalue weighted by Gasteiger charge is 2.37. The van der Waals surface area contributed by atoms with Crippen molar-refractivity contribution in [3.63, 3.8) is 0 Å². The maximum absolute atomic E-state index is 11.9. The van der Waals surface area contributed by atoms with E-state index >= 15 is 0 Å². The smallest absolute Gasteiger partial charge is 0.211 e. The number of sulfonamides is 1. The van der Waals surface area contributed by atoms with Gasteiger partial charge in [-0.2, -0.15) is 0 Å². The Balaban J connectivity index is 1.37. The first-order chi connectivity index (χ1) is 15.0. The molecule has 0 aromatic heterocycles. The van der Waals surface area contributed by atoms with Crippen molar-refractivity contribution in [3.05, 3.63) is 65.2 Å². The van der Waals surface area contributed by atoms with Gasteiger partial charge in [-0.05, 0) is 74.5 Å². The first-order valence-electron chi connectivity index (χ1n) is 11.7. The summed E-state index contributed by atoms with van der Waals surface area (Å²) in [6.45, 7) is 5.64. The minimum atomic E-state index is -3.14. The van der Waals surface area contributed by atoms with Crippen molar-refractivity contribution in [2.75, 3.05) is 36.8 Å². The molecule has 31 heavy (non-hydrogen) atoms. The molecule has 1 aliphatic carbocycles. The van der Waals surface area contributed by atoms with Gasteiger partial charge in [-0.25, -0.2) is 13.1 Å². The second kappa shape index (κ2) is 8.57. The van der Waals surface area contributed by atoms with Crippen LogP contribution in [0.3, 0.4) is 0 Å². The summed E-state index contributed by atoms with van der Waals surface area (Å²) in [6.07, 6.45) is 4.80. The van der Waals surface area contributed by atoms with E-state index in [-0.39, 0.29) is 11.8 Å². The average Bonchev–Trinajstić information content (AvgIpc) is 2.71. The van der Waals surface area contributed by atoms with Crippen molar-refractivity contribution in [3.8, 4) is 0 Å². The number of likely N-dealkylation sites (tertiary alicyclic amines) is 1. The molecule has 0 spiro atoms. The Morgan fingerprint density at radius 1 is 1.06 bits per heavy atom. The average molecular weight is 440 g/mol. The highest BCUT2D eigenvalue weighted by molar-refractivity contribution is 7.89. The normalized spacial score (nSPS) is 24.4. The second-order valence-electron chi connectivity index (χ2n) is 9.30. The lowest BCUT2D eigenvalue weighted by Crippen LogP contribution is -2.59. The van der Waals surface area contributed by atoms with Crippen LogP contribution < -0.4 is 9.62 Å². The Morgan fingerprint density at radius 3 is 2.52 bits per heavy atom. The topological polar surface area (TPSA) is 52.7 Å². The van der Waals surface area contributed by atoms with Crippen LogP contribution in [0.15, 0.2) is 48.5 Å². The third kappa shape index (κ3) is 4.38. The van der Waals surface area contributed by atoms with Crippen LogP contribution in [-0.2, 0) is 22.9 Å². The molecular formula is C25H33N3O2S. The molecular weight excluding hydrogens is 406 g/mol. The SMILES string of the molecule is CCS(=O)(=O)NC1CN(c2ccc3c(c2)C(Cc2ccccc2)C(N2CCC2)CC3)C1. The summed E-state index contributed by atoms with van der Waals surface area (Å²) < 4.78 is 26.5. The van der Waals surface area contributed by atoms with Crippen LogP contribution in [-0.4, -0.2) is 57.3 Å². The van der Waals surface area contributed by atoms with Crippen molar-refractivity contribution in [2.24, 2.45) is 0 Å². The van der Waals surface area contributed by atoms with E-state index in [4.69, 9.17) is 0 Å². The molecule has 2 heterocycles. The van der Waals surface area contributed by atoms with Gasteiger partial charge in [0.1, 0.15) is 0 Å². The van der Waals surface area contributed by atoms with Crippen LogP contribution in [0.2, 0.25) is 0 Å². The van der Waals surface area contributed by atoms with E-state index in [0.29, 0.717) is 12.0 Å². The number of rotatable bonds is 7. The minimum Gasteiger partial charge on any atom is -0.368 e. The zero-order chi connectivity index (χ0) is 21.4. The summed E-state index contributed by atoms with van der Waals surface area (Å²) in [5.74, 6) is 0.656. The lowest BCUT2D eigenvalue weighted by Gasteiger charge is -2.46. The molecule has 2 aliphatic heterocycles. The van der Waals surface area contributed by atoms with Gasteiger partial charge in [-0.15, -0.1) is 0 Å². The lowest BCUT2D eigenvalue weighted by atomic mass is 9.74. The first kappa shape index (κ1) is 21.0. The van der Waals surface area contributed by atoms with Crippen LogP contribution in [0.5, 0.6) is 0 Å². The number of nitrogens with zero attached hydrogens (tertiary/aromatic N) is 2. The number of hydrogen-bond donors (Lipinski definition) is 1. The van der Waals surface area contributed by atoms with Gasteiger partial charge in [-0.1, -0.05) is 36.4 Å². The number of hydrogen-bond acceptors (Lipinski definition) is 4. The lowest BCUT2D eigenvalue weighted by molar-refractivity contribution is 0.0877. The monoisotopic (exact) mass is 439 g/mol. The van der Waals surface area contributed by atoms with Crippen molar-refractivity contribution in [2.45, 2.75) is 50.6 Å². The van der Waals surface area contributed by atoms with Gasteiger partial charge < -0.3 is 4.90 Å². The molecule has 2 unspecified atom stereocenters. The zero-order valence-corrected chi connectivity index (χ0v) is 19.2. The number of fused-ring (bicyclic) bond motifs is 1. The summed E-state index contributed by atoms with van der Waals surface area (Å²) in [6, 6.07) is 18.5. The largest absolute Gasteiger partial charge is 0.368 e. The molecule has 2 fully saturated rings. The van der Waals surface area contributed by atoms with Crippen LogP contribution in [0, 0.1) is 0 Å². The Hall–Kier alpha value is -1.89. The van der Waals surface area contributed by atoms with Crippen molar-refractivity contribution < 1.29 is 8.42 Å². The first-order valence-corrected chi connectivity index (χ1v) is 13.3. The van der Waals surface area contributed by atoms with E-state index in [1.54, 1.807) is 6.92 Å². The Kier molecular flexibility index (Phi) is 5.80. The number of nitrogens with one attached hydrogen (secondary N) is 1. The molecule has 2 aromatic rings. The minimum absolute atomic E-state index is 0.0231. The van der Waals surface area contributed by atoms with Gasteiger partial charge in [0.05, 0.1) is 11.8 Å². The number of aryl methyl sites for hydroxylation is 1. The fraction of sp³-hybridized carbons (Fsp3) is 0.520. The standard InChI is InChI=1S/C25H33N3O2S/c1-2-31(29,30)26-21-17-28(18-21)22-11-9-20-10-12-25(27-13-6-14-27)24(23(20)16-22)15-19-7-4-3-5-8-19/h3-5,7-9,11,16,21,24-26H,2,6,10,12-15,17-18H2,1H3. The van der Waals surface area contributed by atoms with Gasteiger partial charge in [0.2, 0.25) is 10.0 Å². The van der Waals surface area contributed by atoms with Gasteiger partial charge in [0.15, 0.2) is 0 Å². The molecule has 0 saturated carbocycles. The molecule has 0 radical (unpaired) electrons. The summed E-state index contributed by atoms with van der Waals surface area (Å²) in [4.78, 5) is 4.98. The fourth-order valence-corrected chi connectivity index (χ4v) is 6.21. The van der Waals surface area contributed by atoms with E-state index < -0.39 is 10.0 Å². The van der Waals surface area contributed by atoms with E-state index in [1.165, 1.54) is 48.3 Å². The van der Waals surface area contributed by atoms with Gasteiger partial charge in [-0.3, -0.25) is 4.90 Å². The third-order valence-electron chi connectivity index (χ3n) is 7.33. The van der Waals surface area contributed by atoms with E-state index in [2.05, 4.69) is 63.1 Å². The molecule has 6 heteroatoms. The highest BCUT2D eigenvalue weighted by atomic mass is 32.2. The number of benzene rings is 2. The molecule has 2 saturated heterocycles. The molecule has 0 amide bonds. The van der Waals surface area contributed by atoms with Crippen molar-refractivity contribution >= 4 is 15.7 Å². The van der Waals surface area contributed by atoms with Gasteiger partial charge in [0, 0.05) is 30.7 Å². The number of anilines is 1. The summed E-state index contributed by atoms with van der Waals surface area (Å²) >= 11 is 0. The molecule has 2 atom stereocenters. The molecule has 1 N–H and O–H groups in total. The zero-order valence-electron chi connectivity index (χ0n) is 18.3. The summed E-state index contributed by atoms with van der Waals surface area (Å²) in [7, 11) is -3.14. The molecule has 2 aromatic carbocycles. The van der Waals surface area contributed by atoms with E-state index in [9.17, 15) is 8.42 Å². The van der Waals surface area contributed by atoms with E-state index in [1.807, 2.05) is 0 Å². The molecule has 3 aliphatic rings. The molecule has 0 bridgehead atoms.